The molecule has 0 N–H and O–H groups in total. The second-order valence-electron chi connectivity index (χ2n) is 4.49. The van der Waals surface area contributed by atoms with Gasteiger partial charge in [-0.1, -0.05) is 0 Å². The molecule has 5 atom stereocenters. The zero-order valence-corrected chi connectivity index (χ0v) is 9.99. The molecule has 0 amide bonds. The molecule has 1 saturated carbocycles. The van der Waals surface area contributed by atoms with E-state index in [0.29, 0.717) is 19.6 Å². The van der Waals surface area contributed by atoms with Crippen LogP contribution in [0.2, 0.25) is 0 Å². The van der Waals surface area contributed by atoms with Crippen molar-refractivity contribution in [3.8, 4) is 0 Å². The molecule has 0 radical (unpaired) electrons. The molecular weight excluding hydrogens is 231 g/mol. The van der Waals surface area contributed by atoms with Crippen molar-refractivity contribution < 1.29 is 23.5 Å². The van der Waals surface area contributed by atoms with E-state index in [0.717, 1.165) is 6.42 Å². The summed E-state index contributed by atoms with van der Waals surface area (Å²) in [6.07, 6.45) is 0.985. The molecule has 3 fully saturated rings. The van der Waals surface area contributed by atoms with Gasteiger partial charge in [0.1, 0.15) is 6.10 Å². The van der Waals surface area contributed by atoms with Crippen molar-refractivity contribution in [2.45, 2.75) is 31.3 Å². The molecular formula is C10H15O5P. The second kappa shape index (κ2) is 4.22. The van der Waals surface area contributed by atoms with Crippen molar-refractivity contribution in [3.63, 3.8) is 0 Å². The van der Waals surface area contributed by atoms with E-state index in [4.69, 9.17) is 18.7 Å². The molecule has 0 bridgehead atoms. The summed E-state index contributed by atoms with van der Waals surface area (Å²) < 4.78 is 21.7. The van der Waals surface area contributed by atoms with Crippen molar-refractivity contribution in [1.82, 2.24) is 0 Å². The third kappa shape index (κ3) is 1.66. The lowest BCUT2D eigenvalue weighted by Crippen LogP contribution is -2.33. The van der Waals surface area contributed by atoms with Gasteiger partial charge in [0.2, 0.25) is 0 Å². The Balaban J connectivity index is 1.79. The maximum Gasteiger partial charge on any atom is 0.306 e. The van der Waals surface area contributed by atoms with Crippen molar-refractivity contribution in [2.24, 2.45) is 11.8 Å². The minimum absolute atomic E-state index is 0.0177. The Kier molecular flexibility index (Phi) is 2.88. The van der Waals surface area contributed by atoms with Gasteiger partial charge in [-0.3, -0.25) is 4.79 Å². The van der Waals surface area contributed by atoms with E-state index >= 15 is 0 Å². The molecule has 5 nitrogen and oxygen atoms in total. The summed E-state index contributed by atoms with van der Waals surface area (Å²) >= 11 is 0. The van der Waals surface area contributed by atoms with Crippen LogP contribution in [0.1, 0.15) is 12.8 Å². The van der Waals surface area contributed by atoms with Gasteiger partial charge in [-0.2, -0.15) is 0 Å². The number of hydrogen-bond donors (Lipinski definition) is 0. The lowest BCUT2D eigenvalue weighted by atomic mass is 9.91. The van der Waals surface area contributed by atoms with Crippen LogP contribution in [0, 0.1) is 11.8 Å². The Bertz CT molecular complexity index is 289. The monoisotopic (exact) mass is 246 g/mol. The molecule has 90 valence electrons. The zero-order chi connectivity index (χ0) is 11.1. The molecule has 0 aromatic carbocycles. The average Bonchev–Trinajstić information content (AvgIpc) is 2.91. The van der Waals surface area contributed by atoms with E-state index < -0.39 is 0 Å². The molecule has 2 heterocycles. The number of carbonyl (C=O) groups is 1. The summed E-state index contributed by atoms with van der Waals surface area (Å²) in [6, 6.07) is 0. The van der Waals surface area contributed by atoms with Crippen molar-refractivity contribution >= 4 is 15.4 Å². The van der Waals surface area contributed by atoms with Crippen LogP contribution >= 0.6 is 9.47 Å². The third-order valence-electron chi connectivity index (χ3n) is 3.69. The minimum atomic E-state index is -0.241. The van der Waals surface area contributed by atoms with Crippen LogP contribution < -0.4 is 0 Å². The Labute approximate surface area is 96.0 Å². The smallest absolute Gasteiger partial charge is 0.306 e. The van der Waals surface area contributed by atoms with E-state index in [1.165, 1.54) is 0 Å². The highest BCUT2D eigenvalue weighted by atomic mass is 31.0. The molecule has 6 heteroatoms. The van der Waals surface area contributed by atoms with Crippen molar-refractivity contribution in [1.29, 1.82) is 0 Å². The predicted molar refractivity (Wildman–Crippen MR) is 56.4 cm³/mol. The fourth-order valence-corrected chi connectivity index (χ4v) is 3.31. The normalized spacial score (nSPS) is 43.7. The van der Waals surface area contributed by atoms with Crippen LogP contribution in [0.15, 0.2) is 0 Å². The summed E-state index contributed by atoms with van der Waals surface area (Å²) in [5, 5.41) is 0. The Morgan fingerprint density at radius 1 is 1.31 bits per heavy atom. The van der Waals surface area contributed by atoms with Gasteiger partial charge in [-0.15, -0.1) is 0 Å². The number of carbonyl (C=O) groups excluding carboxylic acids is 1. The first kappa shape index (κ1) is 10.9. The summed E-state index contributed by atoms with van der Waals surface area (Å²) in [6.45, 7) is 1.24. The second-order valence-corrected chi connectivity index (χ2v) is 4.77. The molecule has 3 unspecified atom stereocenters. The van der Waals surface area contributed by atoms with Gasteiger partial charge >= 0.3 is 5.97 Å². The first-order valence-electron chi connectivity index (χ1n) is 5.58. The van der Waals surface area contributed by atoms with Gasteiger partial charge in [0.05, 0.1) is 25.7 Å². The van der Waals surface area contributed by atoms with E-state index in [2.05, 4.69) is 9.47 Å². The van der Waals surface area contributed by atoms with Crippen LogP contribution in [0.3, 0.4) is 0 Å². The number of ether oxygens (including phenoxy) is 3. The summed E-state index contributed by atoms with van der Waals surface area (Å²) in [5.41, 5.74) is 0. The van der Waals surface area contributed by atoms with Gasteiger partial charge in [0.15, 0.2) is 6.29 Å². The van der Waals surface area contributed by atoms with Gasteiger partial charge in [-0.25, -0.2) is 0 Å². The lowest BCUT2D eigenvalue weighted by Gasteiger charge is -2.25. The SMILES string of the molecule is O=C1C[C@H]2C(C[C@@H](OP)C2C2OCCO2)O1. The molecule has 0 spiro atoms. The molecule has 2 saturated heterocycles. The lowest BCUT2D eigenvalue weighted by molar-refractivity contribution is -0.142. The maximum absolute atomic E-state index is 11.3. The predicted octanol–water partition coefficient (Wildman–Crippen LogP) is 0.486. The van der Waals surface area contributed by atoms with Crippen LogP contribution in [0.4, 0.5) is 0 Å². The van der Waals surface area contributed by atoms with E-state index in [-0.39, 0.29) is 36.3 Å². The van der Waals surface area contributed by atoms with Crippen molar-refractivity contribution in [3.05, 3.63) is 0 Å². The molecule has 2 aliphatic heterocycles. The molecule has 3 aliphatic rings. The topological polar surface area (TPSA) is 54.0 Å². The highest BCUT2D eigenvalue weighted by Gasteiger charge is 2.54. The summed E-state index contributed by atoms with van der Waals surface area (Å²) in [7, 11) is 2.29. The highest BCUT2D eigenvalue weighted by Crippen LogP contribution is 2.46. The van der Waals surface area contributed by atoms with Gasteiger partial charge in [0.25, 0.3) is 0 Å². The highest BCUT2D eigenvalue weighted by molar-refractivity contribution is 7.09. The molecule has 3 rings (SSSR count). The Morgan fingerprint density at radius 2 is 2.06 bits per heavy atom. The molecule has 1 aliphatic carbocycles. The summed E-state index contributed by atoms with van der Waals surface area (Å²) in [5.74, 6) is 0.179. The van der Waals surface area contributed by atoms with Gasteiger partial charge in [-0.05, 0) is 0 Å². The fourth-order valence-electron chi connectivity index (χ4n) is 3.02. The minimum Gasteiger partial charge on any atom is -0.462 e. The van der Waals surface area contributed by atoms with Crippen LogP contribution in [0.5, 0.6) is 0 Å². The quantitative estimate of drug-likeness (QED) is 0.524. The number of hydrogen-bond acceptors (Lipinski definition) is 5. The van der Waals surface area contributed by atoms with E-state index in [9.17, 15) is 4.79 Å². The first-order chi connectivity index (χ1) is 7.79. The van der Waals surface area contributed by atoms with E-state index in [1.54, 1.807) is 0 Å². The van der Waals surface area contributed by atoms with E-state index in [1.807, 2.05) is 0 Å². The Morgan fingerprint density at radius 3 is 2.75 bits per heavy atom. The van der Waals surface area contributed by atoms with Crippen molar-refractivity contribution in [2.75, 3.05) is 13.2 Å². The first-order valence-corrected chi connectivity index (χ1v) is 6.05. The fraction of sp³-hybridized carbons (Fsp3) is 0.900. The number of rotatable bonds is 2. The maximum atomic E-state index is 11.3. The average molecular weight is 246 g/mol. The van der Waals surface area contributed by atoms with Gasteiger partial charge in [0, 0.05) is 27.7 Å². The molecule has 16 heavy (non-hydrogen) atoms. The number of fused-ring (bicyclic) bond motifs is 1. The third-order valence-corrected chi connectivity index (χ3v) is 4.04. The number of esters is 1. The van der Waals surface area contributed by atoms with Crippen LogP contribution in [-0.4, -0.2) is 37.7 Å². The molecule has 0 aromatic rings. The van der Waals surface area contributed by atoms with Gasteiger partial charge < -0.3 is 18.7 Å². The molecule has 0 aromatic heterocycles. The standard InChI is InChI=1S/C10H15O5P/c11-8-3-5-6(14-8)4-7(15-16)9(5)10-12-1-2-13-10/h5-7,9-10H,1-4,16H2/t5-,6?,7+,9?/m0/s1. The van der Waals surface area contributed by atoms with Crippen LogP contribution in [-0.2, 0) is 23.5 Å². The summed E-state index contributed by atoms with van der Waals surface area (Å²) in [4.78, 5) is 11.3. The largest absolute Gasteiger partial charge is 0.462 e. The van der Waals surface area contributed by atoms with Crippen LogP contribution in [0.25, 0.3) is 0 Å². The zero-order valence-electron chi connectivity index (χ0n) is 8.83. The Hall–Kier alpha value is -0.220.